The van der Waals surface area contributed by atoms with E-state index >= 15 is 0 Å². The molecule has 1 N–H and O–H groups in total. The van der Waals surface area contributed by atoms with Gasteiger partial charge in [0.25, 0.3) is 0 Å². The lowest BCUT2D eigenvalue weighted by atomic mass is 9.82. The van der Waals surface area contributed by atoms with Crippen molar-refractivity contribution in [1.82, 2.24) is 10.2 Å². The largest absolute Gasteiger partial charge is 0.337 e. The van der Waals surface area contributed by atoms with Crippen molar-refractivity contribution >= 4 is 5.91 Å². The molecule has 0 aliphatic carbocycles. The highest BCUT2D eigenvalue weighted by atomic mass is 16.2. The van der Waals surface area contributed by atoms with Crippen molar-refractivity contribution in [3.05, 3.63) is 11.6 Å². The summed E-state index contributed by atoms with van der Waals surface area (Å²) in [6.45, 7) is 11.6. The van der Waals surface area contributed by atoms with Gasteiger partial charge in [0.1, 0.15) is 0 Å². The number of carbonyl (C=O) groups is 1. The maximum absolute atomic E-state index is 12.9. The van der Waals surface area contributed by atoms with Crippen LogP contribution in [-0.2, 0) is 4.79 Å². The van der Waals surface area contributed by atoms with E-state index < -0.39 is 0 Å². The Bertz CT molecular complexity index is 386. The van der Waals surface area contributed by atoms with Crippen LogP contribution >= 0.6 is 0 Å². The van der Waals surface area contributed by atoms with Crippen LogP contribution in [-0.4, -0.2) is 36.0 Å². The Labute approximate surface area is 123 Å². The summed E-state index contributed by atoms with van der Waals surface area (Å²) < 4.78 is 0. The predicted octanol–water partition coefficient (Wildman–Crippen LogP) is 3.11. The molecule has 3 heteroatoms. The van der Waals surface area contributed by atoms with Gasteiger partial charge in [-0.1, -0.05) is 45.8 Å². The minimum atomic E-state index is -0.262. The lowest BCUT2D eigenvalue weighted by Crippen LogP contribution is -2.55. The number of rotatable bonds is 3. The minimum Gasteiger partial charge on any atom is -0.337 e. The molecule has 1 atom stereocenters. The van der Waals surface area contributed by atoms with Crippen LogP contribution in [0.4, 0.5) is 0 Å². The number of hydrogen-bond acceptors (Lipinski definition) is 2. The van der Waals surface area contributed by atoms with E-state index in [-0.39, 0.29) is 11.0 Å². The summed E-state index contributed by atoms with van der Waals surface area (Å²) >= 11 is 0. The van der Waals surface area contributed by atoms with E-state index in [2.05, 4.69) is 44.0 Å². The van der Waals surface area contributed by atoms with Gasteiger partial charge < -0.3 is 10.2 Å². The summed E-state index contributed by atoms with van der Waals surface area (Å²) in [4.78, 5) is 15.0. The highest BCUT2D eigenvalue weighted by Gasteiger charge is 2.42. The van der Waals surface area contributed by atoms with Gasteiger partial charge in [0.15, 0.2) is 0 Å². The SMILES string of the molecule is CCCC1(C(=O)N2CC=C(C(C)(C)C)CC2)CCCN1. The van der Waals surface area contributed by atoms with Crippen molar-refractivity contribution in [3.63, 3.8) is 0 Å². The molecule has 1 fully saturated rings. The van der Waals surface area contributed by atoms with Crippen LogP contribution in [0.5, 0.6) is 0 Å². The third-order valence-electron chi connectivity index (χ3n) is 4.79. The van der Waals surface area contributed by atoms with E-state index in [0.717, 1.165) is 51.7 Å². The molecule has 2 rings (SSSR count). The first-order chi connectivity index (χ1) is 9.39. The van der Waals surface area contributed by atoms with E-state index in [9.17, 15) is 4.79 Å². The molecule has 1 unspecified atom stereocenters. The van der Waals surface area contributed by atoms with Crippen LogP contribution < -0.4 is 5.32 Å². The van der Waals surface area contributed by atoms with Crippen molar-refractivity contribution in [3.8, 4) is 0 Å². The molecule has 0 bridgehead atoms. The predicted molar refractivity (Wildman–Crippen MR) is 83.6 cm³/mol. The van der Waals surface area contributed by atoms with Gasteiger partial charge in [-0.3, -0.25) is 4.79 Å². The molecule has 0 aromatic rings. The molecule has 0 aromatic heterocycles. The van der Waals surface area contributed by atoms with Crippen molar-refractivity contribution in [2.24, 2.45) is 5.41 Å². The van der Waals surface area contributed by atoms with Crippen LogP contribution in [0.3, 0.4) is 0 Å². The van der Waals surface area contributed by atoms with Crippen LogP contribution in [0, 0.1) is 5.41 Å². The molecule has 2 aliphatic rings. The molecule has 1 amide bonds. The van der Waals surface area contributed by atoms with Crippen LogP contribution in [0.15, 0.2) is 11.6 Å². The monoisotopic (exact) mass is 278 g/mol. The molecule has 0 aromatic carbocycles. The Morgan fingerprint density at radius 1 is 1.45 bits per heavy atom. The zero-order valence-corrected chi connectivity index (χ0v) is 13.6. The number of hydrogen-bond donors (Lipinski definition) is 1. The molecule has 114 valence electrons. The second kappa shape index (κ2) is 5.88. The molecule has 2 heterocycles. The molecule has 1 saturated heterocycles. The highest BCUT2D eigenvalue weighted by molar-refractivity contribution is 5.87. The summed E-state index contributed by atoms with van der Waals surface area (Å²) in [7, 11) is 0. The van der Waals surface area contributed by atoms with Crippen LogP contribution in [0.1, 0.15) is 59.8 Å². The van der Waals surface area contributed by atoms with Crippen molar-refractivity contribution < 1.29 is 4.79 Å². The summed E-state index contributed by atoms with van der Waals surface area (Å²) in [5.74, 6) is 0.334. The number of carbonyl (C=O) groups excluding carboxylic acids is 1. The maximum Gasteiger partial charge on any atom is 0.243 e. The number of amides is 1. The zero-order valence-electron chi connectivity index (χ0n) is 13.6. The fraction of sp³-hybridized carbons (Fsp3) is 0.824. The summed E-state index contributed by atoms with van der Waals surface area (Å²) in [6, 6.07) is 0. The van der Waals surface area contributed by atoms with Crippen LogP contribution in [0.25, 0.3) is 0 Å². The van der Waals surface area contributed by atoms with Crippen molar-refractivity contribution in [1.29, 1.82) is 0 Å². The van der Waals surface area contributed by atoms with Gasteiger partial charge in [0, 0.05) is 13.1 Å². The molecular formula is C17H30N2O. The third kappa shape index (κ3) is 3.08. The van der Waals surface area contributed by atoms with E-state index in [1.165, 1.54) is 5.57 Å². The second-order valence-electron chi connectivity index (χ2n) is 7.34. The van der Waals surface area contributed by atoms with E-state index in [1.807, 2.05) is 0 Å². The molecule has 0 saturated carbocycles. The summed E-state index contributed by atoms with van der Waals surface area (Å²) in [5, 5.41) is 3.50. The smallest absolute Gasteiger partial charge is 0.243 e. The van der Waals surface area contributed by atoms with Gasteiger partial charge in [0.2, 0.25) is 5.91 Å². The van der Waals surface area contributed by atoms with E-state index in [0.29, 0.717) is 5.91 Å². The Kier molecular flexibility index (Phi) is 4.58. The first-order valence-electron chi connectivity index (χ1n) is 8.13. The average Bonchev–Trinajstić information content (AvgIpc) is 2.87. The molecular weight excluding hydrogens is 248 g/mol. The normalized spacial score (nSPS) is 27.6. The second-order valence-corrected chi connectivity index (χ2v) is 7.34. The highest BCUT2D eigenvalue weighted by Crippen LogP contribution is 2.32. The standard InChI is InChI=1S/C17H30N2O/c1-5-9-17(10-6-11-18-17)15(20)19-12-7-14(8-13-19)16(2,3)4/h7,18H,5-6,8-13H2,1-4H3. The van der Waals surface area contributed by atoms with E-state index in [1.54, 1.807) is 0 Å². The Hall–Kier alpha value is -0.830. The quantitative estimate of drug-likeness (QED) is 0.805. The third-order valence-corrected chi connectivity index (χ3v) is 4.79. The van der Waals surface area contributed by atoms with Crippen LogP contribution in [0.2, 0.25) is 0 Å². The lowest BCUT2D eigenvalue weighted by Gasteiger charge is -2.38. The van der Waals surface area contributed by atoms with Gasteiger partial charge in [-0.05, 0) is 37.6 Å². The van der Waals surface area contributed by atoms with Gasteiger partial charge in [-0.15, -0.1) is 0 Å². The average molecular weight is 278 g/mol. The van der Waals surface area contributed by atoms with Gasteiger partial charge >= 0.3 is 0 Å². The van der Waals surface area contributed by atoms with Crippen molar-refractivity contribution in [2.75, 3.05) is 19.6 Å². The first-order valence-corrected chi connectivity index (χ1v) is 8.13. The number of nitrogens with one attached hydrogen (secondary N) is 1. The minimum absolute atomic E-state index is 0.238. The van der Waals surface area contributed by atoms with Crippen molar-refractivity contribution in [2.45, 2.75) is 65.3 Å². The van der Waals surface area contributed by atoms with Gasteiger partial charge in [-0.2, -0.15) is 0 Å². The maximum atomic E-state index is 12.9. The molecule has 2 aliphatic heterocycles. The lowest BCUT2D eigenvalue weighted by molar-refractivity contribution is -0.138. The first kappa shape index (κ1) is 15.6. The topological polar surface area (TPSA) is 32.3 Å². The fourth-order valence-corrected chi connectivity index (χ4v) is 3.57. The molecule has 20 heavy (non-hydrogen) atoms. The Morgan fingerprint density at radius 2 is 2.20 bits per heavy atom. The summed E-state index contributed by atoms with van der Waals surface area (Å²) in [5.41, 5.74) is 1.47. The van der Waals surface area contributed by atoms with Gasteiger partial charge in [-0.25, -0.2) is 0 Å². The molecule has 0 radical (unpaired) electrons. The Morgan fingerprint density at radius 3 is 2.65 bits per heavy atom. The molecule has 3 nitrogen and oxygen atoms in total. The molecule has 0 spiro atoms. The van der Waals surface area contributed by atoms with Gasteiger partial charge in [0.05, 0.1) is 5.54 Å². The fourth-order valence-electron chi connectivity index (χ4n) is 3.57. The zero-order chi connectivity index (χ0) is 14.8. The Balaban J connectivity index is 2.06. The van der Waals surface area contributed by atoms with E-state index in [4.69, 9.17) is 0 Å². The number of nitrogens with zero attached hydrogens (tertiary/aromatic N) is 1. The summed E-state index contributed by atoms with van der Waals surface area (Å²) in [6.07, 6.45) is 7.47.